The van der Waals surface area contributed by atoms with Crippen LogP contribution >= 0.6 is 0 Å². The zero-order valence-corrected chi connectivity index (χ0v) is 10.8. The minimum absolute atomic E-state index is 0.116. The van der Waals surface area contributed by atoms with Gasteiger partial charge in [0.25, 0.3) is 0 Å². The molecule has 0 fully saturated rings. The number of carbonyl (C=O) groups excluding carboxylic acids is 1. The number of amides is 1. The number of nitrogens with one attached hydrogen (secondary N) is 1. The van der Waals surface area contributed by atoms with Gasteiger partial charge in [-0.15, -0.1) is 13.2 Å². The van der Waals surface area contributed by atoms with Crippen LogP contribution in [-0.4, -0.2) is 12.3 Å². The first-order valence-corrected chi connectivity index (χ1v) is 5.94. The van der Waals surface area contributed by atoms with Gasteiger partial charge in [0, 0.05) is 12.5 Å². The summed E-state index contributed by atoms with van der Waals surface area (Å²) in [6.07, 6.45) is -4.00. The fourth-order valence-electron chi connectivity index (χ4n) is 1.40. The van der Waals surface area contributed by atoms with Crippen LogP contribution in [0.1, 0.15) is 25.8 Å². The Morgan fingerprint density at radius 2 is 2.11 bits per heavy atom. The van der Waals surface area contributed by atoms with E-state index in [0.29, 0.717) is 12.0 Å². The molecule has 1 atom stereocenters. The van der Waals surface area contributed by atoms with Crippen molar-refractivity contribution < 1.29 is 22.7 Å². The highest BCUT2D eigenvalue weighted by Gasteiger charge is 2.31. The first-order valence-electron chi connectivity index (χ1n) is 5.94. The molecule has 1 unspecified atom stereocenters. The van der Waals surface area contributed by atoms with Crippen molar-refractivity contribution >= 4 is 5.91 Å². The quantitative estimate of drug-likeness (QED) is 0.895. The molecule has 19 heavy (non-hydrogen) atoms. The highest BCUT2D eigenvalue weighted by Crippen LogP contribution is 2.23. The molecule has 3 nitrogen and oxygen atoms in total. The third-order valence-corrected chi connectivity index (χ3v) is 2.66. The minimum Gasteiger partial charge on any atom is -0.406 e. The molecule has 0 saturated heterocycles. The van der Waals surface area contributed by atoms with Gasteiger partial charge in [-0.2, -0.15) is 0 Å². The Kier molecular flexibility index (Phi) is 5.20. The van der Waals surface area contributed by atoms with E-state index in [1.54, 1.807) is 13.0 Å². The largest absolute Gasteiger partial charge is 0.573 e. The number of hydrogen-bond acceptors (Lipinski definition) is 2. The van der Waals surface area contributed by atoms with E-state index < -0.39 is 6.36 Å². The summed E-state index contributed by atoms with van der Waals surface area (Å²) >= 11 is 0. The molecule has 1 aromatic rings. The average Bonchev–Trinajstić information content (AvgIpc) is 2.33. The molecule has 6 heteroatoms. The number of benzene rings is 1. The van der Waals surface area contributed by atoms with Crippen molar-refractivity contribution in [2.75, 3.05) is 0 Å². The second kappa shape index (κ2) is 6.45. The van der Waals surface area contributed by atoms with Crippen LogP contribution in [0.15, 0.2) is 24.3 Å². The molecule has 0 spiro atoms. The molecule has 1 amide bonds. The van der Waals surface area contributed by atoms with Gasteiger partial charge in [0.1, 0.15) is 5.75 Å². The van der Waals surface area contributed by atoms with Crippen LogP contribution in [0.4, 0.5) is 13.2 Å². The fraction of sp³-hybridized carbons (Fsp3) is 0.462. The zero-order chi connectivity index (χ0) is 14.5. The van der Waals surface area contributed by atoms with E-state index in [2.05, 4.69) is 10.1 Å². The number of hydrogen-bond donors (Lipinski definition) is 1. The lowest BCUT2D eigenvalue weighted by Gasteiger charge is -2.12. The molecular formula is C13H16F3NO2. The Morgan fingerprint density at radius 1 is 1.42 bits per heavy atom. The van der Waals surface area contributed by atoms with E-state index in [4.69, 9.17) is 0 Å². The highest BCUT2D eigenvalue weighted by molar-refractivity contribution is 5.78. The van der Waals surface area contributed by atoms with Crippen molar-refractivity contribution in [3.05, 3.63) is 29.8 Å². The van der Waals surface area contributed by atoms with Crippen LogP contribution in [-0.2, 0) is 11.3 Å². The summed E-state index contributed by atoms with van der Waals surface area (Å²) in [5, 5.41) is 2.66. The minimum atomic E-state index is -4.71. The molecule has 1 rings (SSSR count). The molecule has 1 N–H and O–H groups in total. The molecule has 0 aliphatic heterocycles. The van der Waals surface area contributed by atoms with E-state index in [1.165, 1.54) is 18.2 Å². The van der Waals surface area contributed by atoms with Crippen LogP contribution in [0.5, 0.6) is 5.75 Å². The molecular weight excluding hydrogens is 259 g/mol. The second-order valence-corrected chi connectivity index (χ2v) is 4.22. The van der Waals surface area contributed by atoms with Gasteiger partial charge in [-0.25, -0.2) is 0 Å². The molecule has 1 aromatic carbocycles. The summed E-state index contributed by atoms with van der Waals surface area (Å²) in [4.78, 5) is 11.5. The standard InChI is InChI=1S/C13H16F3NO2/c1-3-9(2)12(18)17-8-10-5-4-6-11(7-10)19-13(14,15)16/h4-7,9H,3,8H2,1-2H3,(H,17,18). The second-order valence-electron chi connectivity index (χ2n) is 4.22. The van der Waals surface area contributed by atoms with E-state index in [1.807, 2.05) is 6.92 Å². The van der Waals surface area contributed by atoms with Gasteiger partial charge in [-0.1, -0.05) is 26.0 Å². The Morgan fingerprint density at radius 3 is 2.68 bits per heavy atom. The van der Waals surface area contributed by atoms with E-state index in [9.17, 15) is 18.0 Å². The molecule has 0 radical (unpaired) electrons. The highest BCUT2D eigenvalue weighted by atomic mass is 19.4. The third kappa shape index (κ3) is 5.63. The third-order valence-electron chi connectivity index (χ3n) is 2.66. The molecule has 106 valence electrons. The van der Waals surface area contributed by atoms with Gasteiger partial charge in [0.15, 0.2) is 0 Å². The van der Waals surface area contributed by atoms with Crippen molar-refractivity contribution in [2.24, 2.45) is 5.92 Å². The number of rotatable bonds is 5. The number of carbonyl (C=O) groups is 1. The van der Waals surface area contributed by atoms with Crippen molar-refractivity contribution in [3.63, 3.8) is 0 Å². The van der Waals surface area contributed by atoms with Crippen LogP contribution in [0.2, 0.25) is 0 Å². The van der Waals surface area contributed by atoms with Crippen molar-refractivity contribution in [1.29, 1.82) is 0 Å². The van der Waals surface area contributed by atoms with Gasteiger partial charge < -0.3 is 10.1 Å². The maximum Gasteiger partial charge on any atom is 0.573 e. The van der Waals surface area contributed by atoms with Crippen molar-refractivity contribution in [1.82, 2.24) is 5.32 Å². The van der Waals surface area contributed by atoms with Gasteiger partial charge in [-0.3, -0.25) is 4.79 Å². The SMILES string of the molecule is CCC(C)C(=O)NCc1cccc(OC(F)(F)F)c1. The fourth-order valence-corrected chi connectivity index (χ4v) is 1.40. The van der Waals surface area contributed by atoms with E-state index in [-0.39, 0.29) is 24.1 Å². The molecule has 0 aromatic heterocycles. The van der Waals surface area contributed by atoms with Crippen LogP contribution in [0.3, 0.4) is 0 Å². The Bertz CT molecular complexity index is 432. The Balaban J connectivity index is 2.60. The summed E-state index contributed by atoms with van der Waals surface area (Å²) in [5.41, 5.74) is 0.554. The number of ether oxygens (including phenoxy) is 1. The monoisotopic (exact) mass is 275 g/mol. The van der Waals surface area contributed by atoms with Crippen molar-refractivity contribution in [2.45, 2.75) is 33.2 Å². The summed E-state index contributed by atoms with van der Waals surface area (Å²) in [7, 11) is 0. The maximum absolute atomic E-state index is 12.0. The molecule has 0 aliphatic carbocycles. The van der Waals surface area contributed by atoms with Crippen molar-refractivity contribution in [3.8, 4) is 5.75 Å². The molecule has 0 bridgehead atoms. The lowest BCUT2D eigenvalue weighted by molar-refractivity contribution is -0.274. The summed E-state index contributed by atoms with van der Waals surface area (Å²) < 4.78 is 39.9. The lowest BCUT2D eigenvalue weighted by Crippen LogP contribution is -2.28. The topological polar surface area (TPSA) is 38.3 Å². The lowest BCUT2D eigenvalue weighted by atomic mass is 10.1. The van der Waals surface area contributed by atoms with Gasteiger partial charge >= 0.3 is 6.36 Å². The summed E-state index contributed by atoms with van der Waals surface area (Å²) in [6.45, 7) is 3.86. The Labute approximate surface area is 109 Å². The van der Waals surface area contributed by atoms with Crippen LogP contribution in [0.25, 0.3) is 0 Å². The van der Waals surface area contributed by atoms with E-state index >= 15 is 0 Å². The molecule has 0 saturated carbocycles. The first kappa shape index (κ1) is 15.3. The van der Waals surface area contributed by atoms with E-state index in [0.717, 1.165) is 0 Å². The van der Waals surface area contributed by atoms with Crippen LogP contribution in [0, 0.1) is 5.92 Å². The normalized spacial score (nSPS) is 12.9. The molecule has 0 aliphatic rings. The summed E-state index contributed by atoms with van der Waals surface area (Å²) in [5.74, 6) is -0.526. The number of halogens is 3. The number of alkyl halides is 3. The van der Waals surface area contributed by atoms with Gasteiger partial charge in [-0.05, 0) is 24.1 Å². The smallest absolute Gasteiger partial charge is 0.406 e. The summed E-state index contributed by atoms with van der Waals surface area (Å²) in [6, 6.07) is 5.55. The van der Waals surface area contributed by atoms with Gasteiger partial charge in [0.2, 0.25) is 5.91 Å². The predicted molar refractivity (Wildman–Crippen MR) is 64.4 cm³/mol. The average molecular weight is 275 g/mol. The zero-order valence-electron chi connectivity index (χ0n) is 10.8. The molecule has 0 heterocycles. The Hall–Kier alpha value is -1.72. The predicted octanol–water partition coefficient (Wildman–Crippen LogP) is 3.25. The van der Waals surface area contributed by atoms with Crippen LogP contribution < -0.4 is 10.1 Å². The maximum atomic E-state index is 12.0. The first-order chi connectivity index (χ1) is 8.81. The van der Waals surface area contributed by atoms with Gasteiger partial charge in [0.05, 0.1) is 0 Å².